The van der Waals surface area contributed by atoms with Gasteiger partial charge in [0, 0.05) is 23.0 Å². The molecule has 3 aromatic rings. The maximum absolute atomic E-state index is 11.7. The molecule has 0 aliphatic carbocycles. The molecule has 5 nitrogen and oxygen atoms in total. The van der Waals surface area contributed by atoms with Crippen LogP contribution >= 0.6 is 11.3 Å². The molecule has 1 amide bonds. The molecule has 2 N–H and O–H groups in total. The van der Waals surface area contributed by atoms with E-state index in [4.69, 9.17) is 0 Å². The largest absolute Gasteiger partial charge is 0.365 e. The Labute approximate surface area is 145 Å². The van der Waals surface area contributed by atoms with E-state index in [1.807, 2.05) is 38.1 Å². The predicted molar refractivity (Wildman–Crippen MR) is 99.4 cm³/mol. The normalized spacial score (nSPS) is 11.0. The topological polar surface area (TPSA) is 66.9 Å². The fraction of sp³-hybridized carbons (Fsp3) is 0.278. The van der Waals surface area contributed by atoms with Gasteiger partial charge in [0.15, 0.2) is 0 Å². The summed E-state index contributed by atoms with van der Waals surface area (Å²) in [4.78, 5) is 22.6. The first-order chi connectivity index (χ1) is 11.5. The average Bonchev–Trinajstić information content (AvgIpc) is 2.94. The van der Waals surface area contributed by atoms with Crippen molar-refractivity contribution in [2.75, 3.05) is 10.6 Å². The Balaban J connectivity index is 1.67. The van der Waals surface area contributed by atoms with Crippen LogP contribution in [0.1, 0.15) is 24.3 Å². The highest BCUT2D eigenvalue weighted by Crippen LogP contribution is 2.27. The van der Waals surface area contributed by atoms with E-state index in [1.165, 1.54) is 4.88 Å². The van der Waals surface area contributed by atoms with Crippen LogP contribution in [-0.2, 0) is 11.3 Å². The van der Waals surface area contributed by atoms with Crippen LogP contribution in [0.15, 0.2) is 36.7 Å². The van der Waals surface area contributed by atoms with Crippen molar-refractivity contribution in [1.29, 1.82) is 0 Å². The molecule has 0 unspecified atom stereocenters. The molecule has 0 fully saturated rings. The number of fused-ring (bicyclic) bond motifs is 1. The van der Waals surface area contributed by atoms with Gasteiger partial charge in [-0.25, -0.2) is 9.97 Å². The van der Waals surface area contributed by atoms with Crippen LogP contribution in [0.2, 0.25) is 0 Å². The molecule has 3 rings (SSSR count). The van der Waals surface area contributed by atoms with Gasteiger partial charge in [-0.3, -0.25) is 4.79 Å². The lowest BCUT2D eigenvalue weighted by Gasteiger charge is -2.09. The molecule has 6 heteroatoms. The van der Waals surface area contributed by atoms with Crippen LogP contribution in [0.25, 0.3) is 10.2 Å². The molecule has 0 spiro atoms. The van der Waals surface area contributed by atoms with Crippen molar-refractivity contribution in [2.45, 2.75) is 27.3 Å². The highest BCUT2D eigenvalue weighted by atomic mass is 32.1. The standard InChI is InChI=1S/C18H20N4OS/c1-11(2)17(23)22-14-6-4-13(5-7-14)9-19-16-15-8-12(3)24-18(15)21-10-20-16/h4-8,10-11H,9H2,1-3H3,(H,22,23)(H,19,20,21). The number of aryl methyl sites for hydroxylation is 1. The predicted octanol–water partition coefficient (Wildman–Crippen LogP) is 4.21. The van der Waals surface area contributed by atoms with E-state index in [0.717, 1.165) is 27.3 Å². The molecule has 0 atom stereocenters. The van der Waals surface area contributed by atoms with Crippen molar-refractivity contribution >= 4 is 39.0 Å². The third-order valence-corrected chi connectivity index (χ3v) is 4.62. The minimum Gasteiger partial charge on any atom is -0.365 e. The molecule has 124 valence electrons. The molecule has 0 aliphatic rings. The average molecular weight is 340 g/mol. The Morgan fingerprint density at radius 1 is 1.21 bits per heavy atom. The molecule has 0 bridgehead atoms. The van der Waals surface area contributed by atoms with Crippen LogP contribution < -0.4 is 10.6 Å². The van der Waals surface area contributed by atoms with Crippen molar-refractivity contribution in [3.05, 3.63) is 47.1 Å². The molecule has 0 radical (unpaired) electrons. The second-order valence-corrected chi connectivity index (χ2v) is 7.23. The number of hydrogen-bond acceptors (Lipinski definition) is 5. The van der Waals surface area contributed by atoms with Crippen molar-refractivity contribution in [1.82, 2.24) is 9.97 Å². The summed E-state index contributed by atoms with van der Waals surface area (Å²) in [6.45, 7) is 6.49. The van der Waals surface area contributed by atoms with Crippen LogP contribution in [0.5, 0.6) is 0 Å². The lowest BCUT2D eigenvalue weighted by Crippen LogP contribution is -2.17. The van der Waals surface area contributed by atoms with Gasteiger partial charge in [0.05, 0.1) is 5.39 Å². The number of amides is 1. The minimum absolute atomic E-state index is 0.0251. The first-order valence-corrected chi connectivity index (χ1v) is 8.69. The number of thiophene rings is 1. The zero-order valence-electron chi connectivity index (χ0n) is 14.0. The summed E-state index contributed by atoms with van der Waals surface area (Å²) in [7, 11) is 0. The summed E-state index contributed by atoms with van der Waals surface area (Å²) >= 11 is 1.67. The van der Waals surface area contributed by atoms with Crippen LogP contribution in [0.4, 0.5) is 11.5 Å². The Hall–Kier alpha value is -2.47. The fourth-order valence-electron chi connectivity index (χ4n) is 2.30. The van der Waals surface area contributed by atoms with Crippen molar-refractivity contribution in [3.63, 3.8) is 0 Å². The minimum atomic E-state index is -0.0272. The highest BCUT2D eigenvalue weighted by Gasteiger charge is 2.08. The van der Waals surface area contributed by atoms with Crippen molar-refractivity contribution in [3.8, 4) is 0 Å². The second kappa shape index (κ2) is 6.97. The van der Waals surface area contributed by atoms with Gasteiger partial charge in [-0.15, -0.1) is 11.3 Å². The summed E-state index contributed by atoms with van der Waals surface area (Å²) < 4.78 is 0. The molecule has 0 saturated heterocycles. The van der Waals surface area contributed by atoms with Crippen LogP contribution in [-0.4, -0.2) is 15.9 Å². The number of carbonyl (C=O) groups is 1. The highest BCUT2D eigenvalue weighted by molar-refractivity contribution is 7.18. The number of hydrogen-bond donors (Lipinski definition) is 2. The van der Waals surface area contributed by atoms with Crippen molar-refractivity contribution < 1.29 is 4.79 Å². The Kier molecular flexibility index (Phi) is 4.76. The number of nitrogens with one attached hydrogen (secondary N) is 2. The molecular weight excluding hydrogens is 320 g/mol. The zero-order chi connectivity index (χ0) is 17.1. The monoisotopic (exact) mass is 340 g/mol. The van der Waals surface area contributed by atoms with E-state index < -0.39 is 0 Å². The molecule has 2 aromatic heterocycles. The number of rotatable bonds is 5. The maximum atomic E-state index is 11.7. The van der Waals surface area contributed by atoms with Gasteiger partial charge in [-0.2, -0.15) is 0 Å². The Bertz CT molecular complexity index is 855. The molecule has 1 aromatic carbocycles. The summed E-state index contributed by atoms with van der Waals surface area (Å²) in [5.41, 5.74) is 1.94. The van der Waals surface area contributed by atoms with Gasteiger partial charge in [0.2, 0.25) is 5.91 Å². The number of nitrogens with zero attached hydrogens (tertiary/aromatic N) is 2. The SMILES string of the molecule is Cc1cc2c(NCc3ccc(NC(=O)C(C)C)cc3)ncnc2s1. The van der Waals surface area contributed by atoms with Gasteiger partial charge in [-0.1, -0.05) is 26.0 Å². The smallest absolute Gasteiger partial charge is 0.226 e. The molecular formula is C18H20N4OS. The first-order valence-electron chi connectivity index (χ1n) is 7.88. The van der Waals surface area contributed by atoms with E-state index >= 15 is 0 Å². The van der Waals surface area contributed by atoms with Crippen LogP contribution in [0.3, 0.4) is 0 Å². The van der Waals surface area contributed by atoms with E-state index in [1.54, 1.807) is 17.7 Å². The second-order valence-electron chi connectivity index (χ2n) is 5.99. The van der Waals surface area contributed by atoms with Gasteiger partial charge < -0.3 is 10.6 Å². The number of aromatic nitrogens is 2. The van der Waals surface area contributed by atoms with Crippen molar-refractivity contribution in [2.24, 2.45) is 5.92 Å². The molecule has 2 heterocycles. The number of benzene rings is 1. The Morgan fingerprint density at radius 2 is 1.96 bits per heavy atom. The van der Waals surface area contributed by atoms with Gasteiger partial charge in [0.1, 0.15) is 17.0 Å². The maximum Gasteiger partial charge on any atom is 0.226 e. The Morgan fingerprint density at radius 3 is 2.67 bits per heavy atom. The third-order valence-electron chi connectivity index (χ3n) is 3.66. The molecule has 0 saturated carbocycles. The number of carbonyl (C=O) groups excluding carboxylic acids is 1. The summed E-state index contributed by atoms with van der Waals surface area (Å²) in [5, 5.41) is 7.31. The van der Waals surface area contributed by atoms with E-state index in [9.17, 15) is 4.79 Å². The van der Waals surface area contributed by atoms with Crippen LogP contribution in [0, 0.1) is 12.8 Å². The quantitative estimate of drug-likeness (QED) is 0.730. The van der Waals surface area contributed by atoms with E-state index in [-0.39, 0.29) is 11.8 Å². The first kappa shape index (κ1) is 16.4. The fourth-order valence-corrected chi connectivity index (χ4v) is 3.14. The van der Waals surface area contributed by atoms with Gasteiger partial charge in [-0.05, 0) is 30.7 Å². The van der Waals surface area contributed by atoms with Gasteiger partial charge in [0.25, 0.3) is 0 Å². The summed E-state index contributed by atoms with van der Waals surface area (Å²) in [5.74, 6) is 0.846. The summed E-state index contributed by atoms with van der Waals surface area (Å²) in [6.07, 6.45) is 1.59. The lowest BCUT2D eigenvalue weighted by molar-refractivity contribution is -0.118. The molecule has 0 aliphatic heterocycles. The third kappa shape index (κ3) is 3.71. The van der Waals surface area contributed by atoms with Gasteiger partial charge >= 0.3 is 0 Å². The molecule has 24 heavy (non-hydrogen) atoms. The lowest BCUT2D eigenvalue weighted by atomic mass is 10.1. The van der Waals surface area contributed by atoms with E-state index in [0.29, 0.717) is 6.54 Å². The zero-order valence-corrected chi connectivity index (χ0v) is 14.8. The summed E-state index contributed by atoms with van der Waals surface area (Å²) in [6, 6.07) is 9.94. The van der Waals surface area contributed by atoms with E-state index in [2.05, 4.69) is 33.6 Å². The number of anilines is 2.